The molecular formula is C32H36F3N3O7S. The first kappa shape index (κ1) is 33.6. The molecule has 2 aliphatic heterocycles. The first-order valence-electron chi connectivity index (χ1n) is 14.9. The summed E-state index contributed by atoms with van der Waals surface area (Å²) >= 11 is 0. The number of aliphatic hydroxyl groups is 1. The molecule has 46 heavy (non-hydrogen) atoms. The Morgan fingerprint density at radius 3 is 2.41 bits per heavy atom. The van der Waals surface area contributed by atoms with Crippen molar-refractivity contribution in [2.24, 2.45) is 5.73 Å². The van der Waals surface area contributed by atoms with Crippen molar-refractivity contribution in [2.75, 3.05) is 43.6 Å². The zero-order chi connectivity index (χ0) is 33.1. The number of rotatable bonds is 12. The molecule has 4 atom stereocenters. The van der Waals surface area contributed by atoms with Crippen LogP contribution in [0.15, 0.2) is 65.6 Å². The van der Waals surface area contributed by atoms with Crippen molar-refractivity contribution in [3.63, 3.8) is 0 Å². The summed E-state index contributed by atoms with van der Waals surface area (Å²) in [7, 11) is -3.45. The van der Waals surface area contributed by atoms with Crippen molar-refractivity contribution >= 4 is 21.6 Å². The third kappa shape index (κ3) is 7.63. The number of benzene rings is 2. The number of nitrogens with zero attached hydrogens (tertiary/aromatic N) is 2. The molecule has 0 unspecified atom stereocenters. The number of alkyl halides is 3. The molecule has 2 aliphatic rings. The van der Waals surface area contributed by atoms with Gasteiger partial charge in [0.25, 0.3) is 5.91 Å². The van der Waals surface area contributed by atoms with Crippen LogP contribution in [0.4, 0.5) is 19.0 Å². The number of sulfone groups is 1. The summed E-state index contributed by atoms with van der Waals surface area (Å²) < 4.78 is 81.5. The number of amides is 1. The van der Waals surface area contributed by atoms with Gasteiger partial charge < -0.3 is 30.0 Å². The summed E-state index contributed by atoms with van der Waals surface area (Å²) in [6.07, 6.45) is -3.73. The average Bonchev–Trinajstić information content (AvgIpc) is 3.70. The van der Waals surface area contributed by atoms with E-state index in [0.717, 1.165) is 18.6 Å². The van der Waals surface area contributed by atoms with Gasteiger partial charge in [-0.2, -0.15) is 13.2 Å². The number of aliphatic hydroxyl groups excluding tert-OH is 1. The Morgan fingerprint density at radius 1 is 1.11 bits per heavy atom. The molecule has 14 heteroatoms. The topological polar surface area (TPSA) is 141 Å². The molecule has 1 amide bonds. The summed E-state index contributed by atoms with van der Waals surface area (Å²) in [5.41, 5.74) is 5.78. The third-order valence-corrected chi connectivity index (χ3v) is 10.0. The molecule has 2 fully saturated rings. The van der Waals surface area contributed by atoms with Gasteiger partial charge in [-0.1, -0.05) is 19.1 Å². The second-order valence-corrected chi connectivity index (χ2v) is 13.6. The van der Waals surface area contributed by atoms with Gasteiger partial charge in [-0.3, -0.25) is 4.79 Å². The highest BCUT2D eigenvalue weighted by atomic mass is 32.2. The standard InChI is InChI=1S/C32H36F3N3O7S/c1-2-46(41,42)26-9-3-20(4-10-26)28(17-39)30-27(31(36)40)11-12-29(37-30)38-16-25(15-22(38)18-44-24-13-14-43-19-24)45-23-7-5-21(6-8-23)32(33,34)35/h3-12,22,24-25,28,39H,2,13-19H2,1H3,(H2,36,40)/t22-,24+,25+,28+/m0/s1. The van der Waals surface area contributed by atoms with Crippen LogP contribution in [0.25, 0.3) is 0 Å². The fourth-order valence-corrected chi connectivity index (χ4v) is 6.61. The van der Waals surface area contributed by atoms with Crippen molar-refractivity contribution in [1.82, 2.24) is 4.98 Å². The minimum Gasteiger partial charge on any atom is -0.489 e. The number of hydrogen-bond acceptors (Lipinski definition) is 9. The van der Waals surface area contributed by atoms with Crippen molar-refractivity contribution in [3.8, 4) is 5.75 Å². The SMILES string of the molecule is CCS(=O)(=O)c1ccc([C@@H](CO)c2nc(N3C[C@H](Oc4ccc(C(F)(F)F)cc4)C[C@H]3CO[C@@H]3CCOC3)ccc2C(N)=O)cc1. The van der Waals surface area contributed by atoms with E-state index in [4.69, 9.17) is 24.9 Å². The predicted molar refractivity (Wildman–Crippen MR) is 163 cm³/mol. The maximum Gasteiger partial charge on any atom is 0.416 e. The van der Waals surface area contributed by atoms with Crippen LogP contribution in [-0.4, -0.2) is 81.4 Å². The Bertz CT molecular complexity index is 1610. The largest absolute Gasteiger partial charge is 0.489 e. The molecule has 0 radical (unpaired) electrons. The van der Waals surface area contributed by atoms with E-state index >= 15 is 0 Å². The van der Waals surface area contributed by atoms with Gasteiger partial charge in [0.15, 0.2) is 9.84 Å². The van der Waals surface area contributed by atoms with Crippen LogP contribution < -0.4 is 15.4 Å². The summed E-state index contributed by atoms with van der Waals surface area (Å²) in [6, 6.07) is 13.5. The van der Waals surface area contributed by atoms with Crippen LogP contribution in [0.2, 0.25) is 0 Å². The number of ether oxygens (including phenoxy) is 3. The van der Waals surface area contributed by atoms with Crippen LogP contribution in [0.3, 0.4) is 0 Å². The third-order valence-electron chi connectivity index (χ3n) is 8.28. The molecule has 1 aromatic heterocycles. The monoisotopic (exact) mass is 663 g/mol. The normalized spacial score (nSPS) is 21.0. The molecule has 0 bridgehead atoms. The Labute approximate surface area is 265 Å². The molecule has 0 aliphatic carbocycles. The van der Waals surface area contributed by atoms with Crippen LogP contribution in [0.5, 0.6) is 5.75 Å². The molecule has 2 aromatic carbocycles. The zero-order valence-corrected chi connectivity index (χ0v) is 26.0. The Hall–Kier alpha value is -3.72. The van der Waals surface area contributed by atoms with Crippen molar-refractivity contribution < 1.29 is 45.7 Å². The lowest BCUT2D eigenvalue weighted by molar-refractivity contribution is -0.137. The smallest absolute Gasteiger partial charge is 0.416 e. The number of hydrogen-bond donors (Lipinski definition) is 2. The molecule has 3 N–H and O–H groups in total. The van der Waals surface area contributed by atoms with Gasteiger partial charge in [-0.15, -0.1) is 0 Å². The molecule has 10 nitrogen and oxygen atoms in total. The number of pyridine rings is 1. The molecular weight excluding hydrogens is 627 g/mol. The van der Waals surface area contributed by atoms with Gasteiger partial charge in [0, 0.05) is 13.0 Å². The lowest BCUT2D eigenvalue weighted by Crippen LogP contribution is -2.36. The number of nitrogens with two attached hydrogens (primary N) is 1. The Balaban J connectivity index is 1.44. The number of carbonyl (C=O) groups excluding carboxylic acids is 1. The van der Waals surface area contributed by atoms with E-state index in [1.165, 1.54) is 30.3 Å². The zero-order valence-electron chi connectivity index (χ0n) is 25.2. The Morgan fingerprint density at radius 2 is 1.83 bits per heavy atom. The van der Waals surface area contributed by atoms with Crippen molar-refractivity contribution in [1.29, 1.82) is 0 Å². The van der Waals surface area contributed by atoms with E-state index in [1.54, 1.807) is 25.1 Å². The van der Waals surface area contributed by atoms with Crippen LogP contribution >= 0.6 is 0 Å². The maximum atomic E-state index is 13.1. The fraction of sp³-hybridized carbons (Fsp3) is 0.438. The van der Waals surface area contributed by atoms with Gasteiger partial charge in [-0.05, 0) is 60.5 Å². The molecule has 5 rings (SSSR count). The highest BCUT2D eigenvalue weighted by molar-refractivity contribution is 7.91. The van der Waals surface area contributed by atoms with Gasteiger partial charge in [0.05, 0.1) is 71.9 Å². The number of primary amides is 1. The second kappa shape index (κ2) is 14.0. The van der Waals surface area contributed by atoms with Crippen LogP contribution in [0.1, 0.15) is 52.9 Å². The molecule has 0 saturated carbocycles. The predicted octanol–water partition coefficient (Wildman–Crippen LogP) is 3.95. The fourth-order valence-electron chi connectivity index (χ4n) is 5.73. The van der Waals surface area contributed by atoms with E-state index in [9.17, 15) is 31.5 Å². The molecule has 3 aromatic rings. The Kier molecular flexibility index (Phi) is 10.2. The lowest BCUT2D eigenvalue weighted by atomic mass is 9.92. The van der Waals surface area contributed by atoms with E-state index in [-0.39, 0.29) is 39.8 Å². The highest BCUT2D eigenvalue weighted by Gasteiger charge is 2.37. The van der Waals surface area contributed by atoms with Gasteiger partial charge >= 0.3 is 6.18 Å². The second-order valence-electron chi connectivity index (χ2n) is 11.3. The highest BCUT2D eigenvalue weighted by Crippen LogP contribution is 2.34. The molecule has 0 spiro atoms. The number of aromatic nitrogens is 1. The van der Waals surface area contributed by atoms with Gasteiger partial charge in [0.2, 0.25) is 0 Å². The minimum atomic E-state index is -4.46. The van der Waals surface area contributed by atoms with Crippen LogP contribution in [0, 0.1) is 0 Å². The van der Waals surface area contributed by atoms with E-state index in [1.807, 2.05) is 4.90 Å². The lowest BCUT2D eigenvalue weighted by Gasteiger charge is -2.28. The summed E-state index contributed by atoms with van der Waals surface area (Å²) in [6.45, 7) is 2.80. The van der Waals surface area contributed by atoms with E-state index in [2.05, 4.69) is 0 Å². The average molecular weight is 664 g/mol. The molecule has 3 heterocycles. The van der Waals surface area contributed by atoms with Crippen LogP contribution in [-0.2, 0) is 25.5 Å². The van der Waals surface area contributed by atoms with Crippen molar-refractivity contribution in [3.05, 3.63) is 83.0 Å². The van der Waals surface area contributed by atoms with E-state index < -0.39 is 46.1 Å². The van der Waals surface area contributed by atoms with E-state index in [0.29, 0.717) is 44.2 Å². The molecule has 2 saturated heterocycles. The van der Waals surface area contributed by atoms with Crippen molar-refractivity contribution in [2.45, 2.75) is 55.0 Å². The number of carbonyl (C=O) groups is 1. The number of anilines is 1. The number of halogens is 3. The maximum absolute atomic E-state index is 13.1. The summed E-state index contributed by atoms with van der Waals surface area (Å²) in [4.78, 5) is 19.4. The first-order chi connectivity index (χ1) is 21.9. The summed E-state index contributed by atoms with van der Waals surface area (Å²) in [5, 5.41) is 10.5. The molecule has 248 valence electrons. The van der Waals surface area contributed by atoms with Gasteiger partial charge in [0.1, 0.15) is 17.7 Å². The first-order valence-corrected chi connectivity index (χ1v) is 16.6. The minimum absolute atomic E-state index is 0.0662. The summed E-state index contributed by atoms with van der Waals surface area (Å²) in [5.74, 6) is -0.867. The van der Waals surface area contributed by atoms with Gasteiger partial charge in [-0.25, -0.2) is 13.4 Å². The quantitative estimate of drug-likeness (QED) is 0.295.